The van der Waals surface area contributed by atoms with E-state index in [1.165, 1.54) is 17.3 Å². The van der Waals surface area contributed by atoms with Crippen LogP contribution in [0.2, 0.25) is 0 Å². The van der Waals surface area contributed by atoms with E-state index in [0.29, 0.717) is 0 Å². The van der Waals surface area contributed by atoms with Crippen LogP contribution in [0.1, 0.15) is 17.0 Å². The van der Waals surface area contributed by atoms with Gasteiger partial charge in [-0.25, -0.2) is 4.39 Å². The number of fused-ring (bicyclic) bond motifs is 3. The third-order valence-electron chi connectivity index (χ3n) is 4.42. The molecule has 116 valence electrons. The second kappa shape index (κ2) is 5.63. The van der Waals surface area contributed by atoms with Gasteiger partial charge in [0.2, 0.25) is 0 Å². The Balaban J connectivity index is 1.87. The fourth-order valence-corrected chi connectivity index (χ4v) is 3.30. The summed E-state index contributed by atoms with van der Waals surface area (Å²) in [5.41, 5.74) is 4.48. The van der Waals surface area contributed by atoms with Crippen LogP contribution in [0.15, 0.2) is 42.6 Å². The Labute approximate surface area is 134 Å². The average Bonchev–Trinajstić information content (AvgIpc) is 2.86. The van der Waals surface area contributed by atoms with Gasteiger partial charge in [0.25, 0.3) is 0 Å². The highest BCUT2D eigenvalue weighted by atomic mass is 19.1. The summed E-state index contributed by atoms with van der Waals surface area (Å²) in [7, 11) is 2.11. The number of halogens is 1. The van der Waals surface area contributed by atoms with E-state index in [2.05, 4.69) is 21.5 Å². The maximum Gasteiger partial charge on any atom is 0.123 e. The summed E-state index contributed by atoms with van der Waals surface area (Å²) < 4.78 is 15.9. The maximum absolute atomic E-state index is 13.7. The van der Waals surface area contributed by atoms with Crippen LogP contribution in [0, 0.1) is 5.82 Å². The lowest BCUT2D eigenvalue weighted by Crippen LogP contribution is -2.26. The van der Waals surface area contributed by atoms with E-state index in [0.717, 1.165) is 36.1 Å². The van der Waals surface area contributed by atoms with Gasteiger partial charge in [-0.05, 0) is 49.0 Å². The molecular formula is C19H18FN3. The molecule has 0 unspecified atom stereocenters. The van der Waals surface area contributed by atoms with Crippen LogP contribution in [-0.2, 0) is 13.0 Å². The summed E-state index contributed by atoms with van der Waals surface area (Å²) in [6.07, 6.45) is 6.80. The molecule has 2 aromatic heterocycles. The third kappa shape index (κ3) is 2.55. The van der Waals surface area contributed by atoms with E-state index in [9.17, 15) is 4.39 Å². The first kappa shape index (κ1) is 14.2. The number of hydrogen-bond acceptors (Lipinski definition) is 2. The standard InChI is InChI=1S/C19H18FN3/c1-22-10-8-19-17(13-22)16-12-14(20)5-6-18(16)23(19)11-7-15-4-2-3-9-21-15/h2-7,9,11-12H,8,10,13H2,1H3. The largest absolute Gasteiger partial charge is 0.320 e. The molecule has 4 heteroatoms. The first-order chi connectivity index (χ1) is 11.2. The smallest absolute Gasteiger partial charge is 0.123 e. The van der Waals surface area contributed by atoms with E-state index in [-0.39, 0.29) is 5.82 Å². The van der Waals surface area contributed by atoms with Crippen molar-refractivity contribution in [1.29, 1.82) is 0 Å². The van der Waals surface area contributed by atoms with Gasteiger partial charge in [0, 0.05) is 43.0 Å². The van der Waals surface area contributed by atoms with Crippen LogP contribution in [0.25, 0.3) is 23.2 Å². The minimum atomic E-state index is -0.181. The number of hydrogen-bond donors (Lipinski definition) is 0. The predicted molar refractivity (Wildman–Crippen MR) is 91.4 cm³/mol. The van der Waals surface area contributed by atoms with Gasteiger partial charge in [0.05, 0.1) is 11.2 Å². The summed E-state index contributed by atoms with van der Waals surface area (Å²) in [6, 6.07) is 10.9. The summed E-state index contributed by atoms with van der Waals surface area (Å²) in [6.45, 7) is 1.88. The Morgan fingerprint density at radius 3 is 2.96 bits per heavy atom. The van der Waals surface area contributed by atoms with Crippen molar-refractivity contribution in [2.24, 2.45) is 0 Å². The maximum atomic E-state index is 13.7. The third-order valence-corrected chi connectivity index (χ3v) is 4.42. The molecule has 0 saturated carbocycles. The number of benzene rings is 1. The van der Waals surface area contributed by atoms with Gasteiger partial charge in [-0.15, -0.1) is 0 Å². The van der Waals surface area contributed by atoms with Crippen LogP contribution in [0.4, 0.5) is 4.39 Å². The quantitative estimate of drug-likeness (QED) is 0.718. The van der Waals surface area contributed by atoms with E-state index < -0.39 is 0 Å². The Morgan fingerprint density at radius 1 is 1.22 bits per heavy atom. The zero-order chi connectivity index (χ0) is 15.8. The molecule has 23 heavy (non-hydrogen) atoms. The lowest BCUT2D eigenvalue weighted by Gasteiger charge is -2.23. The van der Waals surface area contributed by atoms with Crippen LogP contribution in [-0.4, -0.2) is 28.0 Å². The molecule has 0 saturated heterocycles. The van der Waals surface area contributed by atoms with Gasteiger partial charge in [0.1, 0.15) is 5.82 Å². The Morgan fingerprint density at radius 2 is 2.13 bits per heavy atom. The highest BCUT2D eigenvalue weighted by Crippen LogP contribution is 2.31. The molecule has 0 amide bonds. The van der Waals surface area contributed by atoms with E-state index in [1.807, 2.05) is 36.5 Å². The summed E-state index contributed by atoms with van der Waals surface area (Å²) in [5.74, 6) is -0.181. The van der Waals surface area contributed by atoms with Gasteiger partial charge >= 0.3 is 0 Å². The molecule has 0 bridgehead atoms. The molecule has 1 aliphatic rings. The Hall–Kier alpha value is -2.46. The van der Waals surface area contributed by atoms with Gasteiger partial charge in [0.15, 0.2) is 0 Å². The molecule has 0 spiro atoms. The van der Waals surface area contributed by atoms with Crippen LogP contribution >= 0.6 is 0 Å². The molecular weight excluding hydrogens is 289 g/mol. The number of nitrogens with zero attached hydrogens (tertiary/aromatic N) is 3. The molecule has 3 aromatic rings. The first-order valence-electron chi connectivity index (χ1n) is 7.81. The van der Waals surface area contributed by atoms with Crippen molar-refractivity contribution >= 4 is 23.2 Å². The number of likely N-dealkylation sites (N-methyl/N-ethyl adjacent to an activating group) is 1. The second-order valence-electron chi connectivity index (χ2n) is 6.01. The number of pyridine rings is 1. The minimum absolute atomic E-state index is 0.181. The highest BCUT2D eigenvalue weighted by Gasteiger charge is 2.21. The van der Waals surface area contributed by atoms with Crippen molar-refractivity contribution in [3.63, 3.8) is 0 Å². The molecule has 0 fully saturated rings. The minimum Gasteiger partial charge on any atom is -0.320 e. The van der Waals surface area contributed by atoms with Crippen molar-refractivity contribution in [3.05, 3.63) is 65.4 Å². The molecule has 0 aliphatic carbocycles. The second-order valence-corrected chi connectivity index (χ2v) is 6.01. The van der Waals surface area contributed by atoms with E-state index >= 15 is 0 Å². The molecule has 0 radical (unpaired) electrons. The topological polar surface area (TPSA) is 21.1 Å². The van der Waals surface area contributed by atoms with Crippen LogP contribution < -0.4 is 0 Å². The molecule has 0 N–H and O–H groups in total. The number of rotatable bonds is 2. The van der Waals surface area contributed by atoms with Gasteiger partial charge in [-0.2, -0.15) is 0 Å². The lowest BCUT2D eigenvalue weighted by atomic mass is 10.1. The predicted octanol–water partition coefficient (Wildman–Crippen LogP) is 3.79. The zero-order valence-corrected chi connectivity index (χ0v) is 13.0. The summed E-state index contributed by atoms with van der Waals surface area (Å²) >= 11 is 0. The first-order valence-corrected chi connectivity index (χ1v) is 7.81. The molecule has 3 nitrogen and oxygen atoms in total. The van der Waals surface area contributed by atoms with Crippen molar-refractivity contribution in [1.82, 2.24) is 14.5 Å². The fraction of sp³-hybridized carbons (Fsp3) is 0.211. The van der Waals surface area contributed by atoms with Crippen molar-refractivity contribution in [2.45, 2.75) is 13.0 Å². The summed E-state index contributed by atoms with van der Waals surface area (Å²) in [4.78, 5) is 6.61. The monoisotopic (exact) mass is 307 g/mol. The SMILES string of the molecule is CN1CCc2c(c3cc(F)ccc3n2C=Cc2ccccn2)C1. The molecule has 1 aliphatic heterocycles. The zero-order valence-electron chi connectivity index (χ0n) is 13.0. The molecule has 1 aromatic carbocycles. The number of aromatic nitrogens is 2. The summed E-state index contributed by atoms with van der Waals surface area (Å²) in [5, 5.41) is 1.01. The molecule has 4 rings (SSSR count). The van der Waals surface area contributed by atoms with Crippen molar-refractivity contribution < 1.29 is 4.39 Å². The molecule has 0 atom stereocenters. The lowest BCUT2D eigenvalue weighted by molar-refractivity contribution is 0.312. The Bertz CT molecular complexity index is 881. The van der Waals surface area contributed by atoms with E-state index in [4.69, 9.17) is 0 Å². The average molecular weight is 307 g/mol. The van der Waals surface area contributed by atoms with Crippen molar-refractivity contribution in [2.75, 3.05) is 13.6 Å². The normalized spacial score (nSPS) is 15.4. The fourth-order valence-electron chi connectivity index (χ4n) is 3.30. The van der Waals surface area contributed by atoms with Gasteiger partial charge in [-0.1, -0.05) is 6.07 Å². The van der Waals surface area contributed by atoms with Gasteiger partial charge < -0.3 is 9.47 Å². The van der Waals surface area contributed by atoms with Gasteiger partial charge in [-0.3, -0.25) is 4.98 Å². The van der Waals surface area contributed by atoms with Crippen molar-refractivity contribution in [3.8, 4) is 0 Å². The molecule has 3 heterocycles. The van der Waals surface area contributed by atoms with Crippen LogP contribution in [0.5, 0.6) is 0 Å². The highest BCUT2D eigenvalue weighted by molar-refractivity contribution is 5.88. The van der Waals surface area contributed by atoms with Crippen LogP contribution in [0.3, 0.4) is 0 Å². The Kier molecular flexibility index (Phi) is 3.46. The van der Waals surface area contributed by atoms with E-state index in [1.54, 1.807) is 12.3 Å².